The lowest BCUT2D eigenvalue weighted by atomic mass is 9.73. The molecule has 2 atom stereocenters. The summed E-state index contributed by atoms with van der Waals surface area (Å²) >= 11 is 5.93. The molecule has 1 aliphatic carbocycles. The van der Waals surface area contributed by atoms with E-state index in [0.29, 0.717) is 28.8 Å². The molecule has 1 aliphatic rings. The number of hydrogen-bond acceptors (Lipinski definition) is 1. The monoisotopic (exact) mass is 298 g/mol. The molecule has 1 nitrogen and oxygen atoms in total. The summed E-state index contributed by atoms with van der Waals surface area (Å²) in [6.07, 6.45) is 5.24. The van der Waals surface area contributed by atoms with Crippen molar-refractivity contribution < 1.29 is 9.50 Å². The van der Waals surface area contributed by atoms with Gasteiger partial charge >= 0.3 is 0 Å². The van der Waals surface area contributed by atoms with Gasteiger partial charge in [-0.15, -0.1) is 0 Å². The van der Waals surface area contributed by atoms with Crippen molar-refractivity contribution in [3.8, 4) is 0 Å². The van der Waals surface area contributed by atoms with E-state index in [1.54, 1.807) is 12.1 Å². The van der Waals surface area contributed by atoms with Crippen LogP contribution >= 0.6 is 11.6 Å². The van der Waals surface area contributed by atoms with Crippen LogP contribution in [0.1, 0.15) is 51.5 Å². The fourth-order valence-corrected chi connectivity index (χ4v) is 3.72. The van der Waals surface area contributed by atoms with Gasteiger partial charge in [0.25, 0.3) is 0 Å². The second-order valence-electron chi connectivity index (χ2n) is 6.73. The Labute approximate surface area is 126 Å². The summed E-state index contributed by atoms with van der Waals surface area (Å²) in [7, 11) is 0. The van der Waals surface area contributed by atoms with Crippen LogP contribution in [0, 0.1) is 17.7 Å². The molecule has 0 bridgehead atoms. The Hall–Kier alpha value is -0.600. The van der Waals surface area contributed by atoms with Gasteiger partial charge < -0.3 is 5.11 Å². The maximum Gasteiger partial charge on any atom is 0.126 e. The molecule has 1 fully saturated rings. The Balaban J connectivity index is 2.08. The normalized spacial score (nSPS) is 27.0. The molecule has 0 spiro atoms. The molecule has 0 heterocycles. The lowest BCUT2D eigenvalue weighted by Crippen LogP contribution is -2.38. The molecule has 20 heavy (non-hydrogen) atoms. The number of hydrogen-bond donors (Lipinski definition) is 1. The summed E-state index contributed by atoms with van der Waals surface area (Å²) in [5.74, 6) is 0.926. The molecule has 112 valence electrons. The van der Waals surface area contributed by atoms with Gasteiger partial charge in [0.2, 0.25) is 0 Å². The maximum absolute atomic E-state index is 13.8. The Morgan fingerprint density at radius 3 is 2.90 bits per heavy atom. The van der Waals surface area contributed by atoms with Gasteiger partial charge in [-0.1, -0.05) is 38.3 Å². The average molecular weight is 299 g/mol. The van der Waals surface area contributed by atoms with Crippen LogP contribution in [0.2, 0.25) is 5.02 Å². The fourth-order valence-electron chi connectivity index (χ4n) is 3.52. The molecule has 0 aromatic heterocycles. The number of benzene rings is 1. The van der Waals surface area contributed by atoms with Crippen molar-refractivity contribution >= 4 is 11.6 Å². The maximum atomic E-state index is 13.8. The van der Waals surface area contributed by atoms with E-state index in [2.05, 4.69) is 13.8 Å². The van der Waals surface area contributed by atoms with Gasteiger partial charge in [0.15, 0.2) is 0 Å². The third-order valence-corrected chi connectivity index (χ3v) is 4.49. The van der Waals surface area contributed by atoms with E-state index < -0.39 is 5.60 Å². The molecule has 1 aromatic carbocycles. The van der Waals surface area contributed by atoms with E-state index in [4.69, 9.17) is 11.6 Å². The summed E-state index contributed by atoms with van der Waals surface area (Å²) < 4.78 is 13.8. The average Bonchev–Trinajstić information content (AvgIpc) is 2.32. The highest BCUT2D eigenvalue weighted by molar-refractivity contribution is 6.30. The topological polar surface area (TPSA) is 20.2 Å². The highest BCUT2D eigenvalue weighted by Crippen LogP contribution is 2.38. The SMILES string of the molecule is CC(C)CC1CCCC(O)(Cc2cc(Cl)ccc2F)C1. The number of rotatable bonds is 4. The largest absolute Gasteiger partial charge is 0.390 e. The minimum absolute atomic E-state index is 0.270. The predicted octanol–water partition coefficient (Wildman–Crippen LogP) is 4.99. The Morgan fingerprint density at radius 1 is 1.45 bits per heavy atom. The fraction of sp³-hybridized carbons (Fsp3) is 0.647. The van der Waals surface area contributed by atoms with Crippen molar-refractivity contribution in [3.63, 3.8) is 0 Å². The summed E-state index contributed by atoms with van der Waals surface area (Å²) in [6.45, 7) is 4.43. The van der Waals surface area contributed by atoms with Gasteiger partial charge in [-0.3, -0.25) is 0 Å². The molecule has 0 radical (unpaired) electrons. The molecule has 0 amide bonds. The zero-order valence-corrected chi connectivity index (χ0v) is 13.1. The Kier molecular flexibility index (Phi) is 5.09. The first-order chi connectivity index (χ1) is 9.38. The molecule has 2 unspecified atom stereocenters. The van der Waals surface area contributed by atoms with E-state index in [1.807, 2.05) is 0 Å². The van der Waals surface area contributed by atoms with Crippen molar-refractivity contribution in [3.05, 3.63) is 34.6 Å². The highest BCUT2D eigenvalue weighted by atomic mass is 35.5. The van der Waals surface area contributed by atoms with E-state index in [0.717, 1.165) is 25.7 Å². The third-order valence-electron chi connectivity index (χ3n) is 4.26. The number of halogens is 2. The first-order valence-electron chi connectivity index (χ1n) is 7.54. The first-order valence-corrected chi connectivity index (χ1v) is 7.92. The second kappa shape index (κ2) is 6.44. The molecule has 0 aliphatic heterocycles. The van der Waals surface area contributed by atoms with Crippen LogP contribution in [0.25, 0.3) is 0 Å². The van der Waals surface area contributed by atoms with Crippen molar-refractivity contribution in [1.82, 2.24) is 0 Å². The summed E-state index contributed by atoms with van der Waals surface area (Å²) in [4.78, 5) is 0. The molecule has 1 N–H and O–H groups in total. The smallest absolute Gasteiger partial charge is 0.126 e. The van der Waals surface area contributed by atoms with Gasteiger partial charge in [0.1, 0.15) is 5.82 Å². The molecular formula is C17H24ClFO. The standard InChI is InChI=1S/C17H24ClFO/c1-12(2)8-13-4-3-7-17(20,10-13)11-14-9-15(18)5-6-16(14)19/h5-6,9,12-13,20H,3-4,7-8,10-11H2,1-2H3. The van der Waals surface area contributed by atoms with Crippen LogP contribution in [0.15, 0.2) is 18.2 Å². The molecule has 1 aromatic rings. The predicted molar refractivity (Wildman–Crippen MR) is 81.5 cm³/mol. The minimum Gasteiger partial charge on any atom is -0.390 e. The van der Waals surface area contributed by atoms with Gasteiger partial charge in [-0.2, -0.15) is 0 Å². The number of aliphatic hydroxyl groups is 1. The highest BCUT2D eigenvalue weighted by Gasteiger charge is 2.35. The molecule has 2 rings (SSSR count). The lowest BCUT2D eigenvalue weighted by molar-refractivity contribution is -0.0195. The van der Waals surface area contributed by atoms with Crippen LogP contribution in [0.5, 0.6) is 0 Å². The van der Waals surface area contributed by atoms with Crippen LogP contribution in [0.4, 0.5) is 4.39 Å². The van der Waals surface area contributed by atoms with Crippen molar-refractivity contribution in [2.45, 2.75) is 58.0 Å². The molecule has 3 heteroatoms. The van der Waals surface area contributed by atoms with Gasteiger partial charge in [-0.05, 0) is 54.9 Å². The van der Waals surface area contributed by atoms with Gasteiger partial charge in [0, 0.05) is 11.4 Å². The Bertz CT molecular complexity index is 460. The van der Waals surface area contributed by atoms with E-state index >= 15 is 0 Å². The molecule has 0 saturated heterocycles. The van der Waals surface area contributed by atoms with Gasteiger partial charge in [-0.25, -0.2) is 4.39 Å². The van der Waals surface area contributed by atoms with E-state index in [1.165, 1.54) is 12.5 Å². The Morgan fingerprint density at radius 2 is 2.20 bits per heavy atom. The molecule has 1 saturated carbocycles. The zero-order valence-electron chi connectivity index (χ0n) is 12.3. The summed E-state index contributed by atoms with van der Waals surface area (Å²) in [6, 6.07) is 4.57. The second-order valence-corrected chi connectivity index (χ2v) is 7.17. The summed E-state index contributed by atoms with van der Waals surface area (Å²) in [5, 5.41) is 11.3. The van der Waals surface area contributed by atoms with Crippen LogP contribution in [0.3, 0.4) is 0 Å². The van der Waals surface area contributed by atoms with Crippen LogP contribution in [-0.2, 0) is 6.42 Å². The lowest BCUT2D eigenvalue weighted by Gasteiger charge is -2.37. The van der Waals surface area contributed by atoms with Crippen molar-refractivity contribution in [2.75, 3.05) is 0 Å². The van der Waals surface area contributed by atoms with E-state index in [-0.39, 0.29) is 5.82 Å². The van der Waals surface area contributed by atoms with Crippen LogP contribution in [-0.4, -0.2) is 10.7 Å². The first kappa shape index (κ1) is 15.8. The zero-order chi connectivity index (χ0) is 14.8. The van der Waals surface area contributed by atoms with Crippen LogP contribution < -0.4 is 0 Å². The summed E-state index contributed by atoms with van der Waals surface area (Å²) in [5.41, 5.74) is -0.242. The van der Waals surface area contributed by atoms with E-state index in [9.17, 15) is 9.50 Å². The quantitative estimate of drug-likeness (QED) is 0.830. The molecular weight excluding hydrogens is 275 g/mol. The minimum atomic E-state index is -0.774. The third kappa shape index (κ3) is 4.20. The van der Waals surface area contributed by atoms with Crippen molar-refractivity contribution in [2.24, 2.45) is 11.8 Å². The van der Waals surface area contributed by atoms with Crippen molar-refractivity contribution in [1.29, 1.82) is 0 Å². The van der Waals surface area contributed by atoms with Gasteiger partial charge in [0.05, 0.1) is 5.60 Å².